The molecule has 0 saturated heterocycles. The predicted octanol–water partition coefficient (Wildman–Crippen LogP) is 0.798. The zero-order valence-corrected chi connectivity index (χ0v) is 10.4. The zero-order chi connectivity index (χ0) is 12.0. The first-order valence-corrected chi connectivity index (χ1v) is 5.90. The SMILES string of the molecule is CCC(CC)N(CCO)Cc1nncn1C. The van der Waals surface area contributed by atoms with Crippen molar-refractivity contribution in [3.63, 3.8) is 0 Å². The first-order chi connectivity index (χ1) is 7.72. The molecule has 92 valence electrons. The minimum atomic E-state index is 0.189. The lowest BCUT2D eigenvalue weighted by molar-refractivity contribution is 0.132. The summed E-state index contributed by atoms with van der Waals surface area (Å²) in [5, 5.41) is 17.0. The molecule has 0 saturated carbocycles. The van der Waals surface area contributed by atoms with Crippen LogP contribution in [0.25, 0.3) is 0 Å². The van der Waals surface area contributed by atoms with Gasteiger partial charge in [0, 0.05) is 19.6 Å². The molecule has 0 atom stereocenters. The van der Waals surface area contributed by atoms with Crippen molar-refractivity contribution in [2.24, 2.45) is 7.05 Å². The van der Waals surface area contributed by atoms with Crippen molar-refractivity contribution in [3.8, 4) is 0 Å². The van der Waals surface area contributed by atoms with Gasteiger partial charge in [0.15, 0.2) is 0 Å². The third-order valence-electron chi connectivity index (χ3n) is 3.00. The van der Waals surface area contributed by atoms with Crippen molar-refractivity contribution in [3.05, 3.63) is 12.2 Å². The highest BCUT2D eigenvalue weighted by atomic mass is 16.3. The third kappa shape index (κ3) is 3.28. The molecule has 1 aromatic rings. The summed E-state index contributed by atoms with van der Waals surface area (Å²) in [6.07, 6.45) is 3.89. The zero-order valence-electron chi connectivity index (χ0n) is 10.4. The maximum Gasteiger partial charge on any atom is 0.146 e. The summed E-state index contributed by atoms with van der Waals surface area (Å²) in [4.78, 5) is 2.27. The maximum atomic E-state index is 9.09. The summed E-state index contributed by atoms with van der Waals surface area (Å²) in [6, 6.07) is 0.504. The first kappa shape index (κ1) is 13.1. The van der Waals surface area contributed by atoms with Gasteiger partial charge in [-0.2, -0.15) is 0 Å². The lowest BCUT2D eigenvalue weighted by Crippen LogP contribution is -2.36. The van der Waals surface area contributed by atoms with Gasteiger partial charge in [0.2, 0.25) is 0 Å². The molecule has 1 heterocycles. The van der Waals surface area contributed by atoms with E-state index in [-0.39, 0.29) is 6.61 Å². The molecule has 0 fully saturated rings. The van der Waals surface area contributed by atoms with Crippen LogP contribution in [0.4, 0.5) is 0 Å². The molecule has 16 heavy (non-hydrogen) atoms. The Labute approximate surface area is 97.1 Å². The summed E-state index contributed by atoms with van der Waals surface area (Å²) in [7, 11) is 1.94. The van der Waals surface area contributed by atoms with Gasteiger partial charge in [-0.1, -0.05) is 13.8 Å². The molecule has 1 N–H and O–H groups in total. The topological polar surface area (TPSA) is 54.2 Å². The number of aliphatic hydroxyl groups excluding tert-OH is 1. The molecule has 0 aliphatic heterocycles. The highest BCUT2D eigenvalue weighted by Crippen LogP contribution is 2.11. The lowest BCUT2D eigenvalue weighted by atomic mass is 10.1. The van der Waals surface area contributed by atoms with Crippen molar-refractivity contribution in [2.45, 2.75) is 39.3 Å². The standard InChI is InChI=1S/C11H22N4O/c1-4-10(5-2)15(6-7-16)8-11-13-12-9-14(11)3/h9-10,16H,4-8H2,1-3H3. The van der Waals surface area contributed by atoms with Crippen LogP contribution in [0.1, 0.15) is 32.5 Å². The average molecular weight is 226 g/mol. The second-order valence-corrected chi connectivity index (χ2v) is 4.02. The smallest absolute Gasteiger partial charge is 0.146 e. The summed E-state index contributed by atoms with van der Waals surface area (Å²) >= 11 is 0. The van der Waals surface area contributed by atoms with E-state index in [1.165, 1.54) is 0 Å². The van der Waals surface area contributed by atoms with Gasteiger partial charge in [0.25, 0.3) is 0 Å². The summed E-state index contributed by atoms with van der Waals surface area (Å²) < 4.78 is 1.92. The quantitative estimate of drug-likeness (QED) is 0.747. The van der Waals surface area contributed by atoms with E-state index >= 15 is 0 Å². The lowest BCUT2D eigenvalue weighted by Gasteiger charge is -2.29. The monoisotopic (exact) mass is 226 g/mol. The van der Waals surface area contributed by atoms with E-state index in [1.807, 2.05) is 11.6 Å². The highest BCUT2D eigenvalue weighted by molar-refractivity contribution is 4.86. The maximum absolute atomic E-state index is 9.09. The van der Waals surface area contributed by atoms with Crippen molar-refractivity contribution >= 4 is 0 Å². The molecule has 0 unspecified atom stereocenters. The number of hydrogen-bond donors (Lipinski definition) is 1. The van der Waals surface area contributed by atoms with E-state index in [4.69, 9.17) is 5.11 Å². The van der Waals surface area contributed by atoms with Gasteiger partial charge < -0.3 is 9.67 Å². The Balaban J connectivity index is 2.67. The summed E-state index contributed by atoms with van der Waals surface area (Å²) in [5.74, 6) is 0.945. The molecular formula is C11H22N4O. The van der Waals surface area contributed by atoms with Crippen molar-refractivity contribution < 1.29 is 5.11 Å². The molecule has 0 bridgehead atoms. The predicted molar refractivity (Wildman–Crippen MR) is 62.9 cm³/mol. The van der Waals surface area contributed by atoms with Crippen LogP contribution in [0.3, 0.4) is 0 Å². The summed E-state index contributed by atoms with van der Waals surface area (Å²) in [5.41, 5.74) is 0. The normalized spacial score (nSPS) is 11.6. The minimum Gasteiger partial charge on any atom is -0.395 e. The Hall–Kier alpha value is -0.940. The molecule has 0 spiro atoms. The molecule has 0 aromatic carbocycles. The van der Waals surface area contributed by atoms with E-state index in [0.717, 1.165) is 25.2 Å². The molecule has 0 radical (unpaired) electrons. The van der Waals surface area contributed by atoms with Gasteiger partial charge in [0.05, 0.1) is 13.2 Å². The summed E-state index contributed by atoms with van der Waals surface area (Å²) in [6.45, 7) is 5.99. The van der Waals surface area contributed by atoms with Crippen LogP contribution in [0.5, 0.6) is 0 Å². The van der Waals surface area contributed by atoms with Gasteiger partial charge in [-0.05, 0) is 12.8 Å². The van der Waals surface area contributed by atoms with Crippen LogP contribution in [0.2, 0.25) is 0 Å². The molecule has 0 amide bonds. The number of nitrogens with zero attached hydrogens (tertiary/aromatic N) is 4. The number of aryl methyl sites for hydroxylation is 1. The Bertz CT molecular complexity index is 296. The van der Waals surface area contributed by atoms with Crippen LogP contribution in [-0.4, -0.2) is 44.0 Å². The second kappa shape index (κ2) is 6.60. The minimum absolute atomic E-state index is 0.189. The fourth-order valence-electron chi connectivity index (χ4n) is 1.96. The number of aromatic nitrogens is 3. The van der Waals surface area contributed by atoms with Gasteiger partial charge in [-0.3, -0.25) is 4.90 Å². The number of hydrogen-bond acceptors (Lipinski definition) is 4. The van der Waals surface area contributed by atoms with E-state index in [9.17, 15) is 0 Å². The van der Waals surface area contributed by atoms with E-state index < -0.39 is 0 Å². The van der Waals surface area contributed by atoms with Crippen molar-refractivity contribution in [1.82, 2.24) is 19.7 Å². The Kier molecular flexibility index (Phi) is 5.42. The largest absolute Gasteiger partial charge is 0.395 e. The second-order valence-electron chi connectivity index (χ2n) is 4.02. The average Bonchev–Trinajstić information content (AvgIpc) is 2.66. The molecule has 5 heteroatoms. The van der Waals surface area contributed by atoms with Gasteiger partial charge in [-0.15, -0.1) is 10.2 Å². The van der Waals surface area contributed by atoms with Crippen LogP contribution >= 0.6 is 0 Å². The molecule has 0 aliphatic rings. The van der Waals surface area contributed by atoms with Crippen LogP contribution in [0.15, 0.2) is 6.33 Å². The van der Waals surface area contributed by atoms with E-state index in [0.29, 0.717) is 12.6 Å². The van der Waals surface area contributed by atoms with Gasteiger partial charge >= 0.3 is 0 Å². The molecular weight excluding hydrogens is 204 g/mol. The van der Waals surface area contributed by atoms with E-state index in [1.54, 1.807) is 6.33 Å². The molecule has 1 rings (SSSR count). The Morgan fingerprint density at radius 2 is 2.12 bits per heavy atom. The van der Waals surface area contributed by atoms with Crippen LogP contribution in [0, 0.1) is 0 Å². The van der Waals surface area contributed by atoms with Gasteiger partial charge in [0.1, 0.15) is 12.2 Å². The van der Waals surface area contributed by atoms with Crippen LogP contribution in [-0.2, 0) is 13.6 Å². The molecule has 0 aliphatic carbocycles. The van der Waals surface area contributed by atoms with Crippen molar-refractivity contribution in [2.75, 3.05) is 13.2 Å². The fourth-order valence-corrected chi connectivity index (χ4v) is 1.96. The fraction of sp³-hybridized carbons (Fsp3) is 0.818. The number of aliphatic hydroxyl groups is 1. The third-order valence-corrected chi connectivity index (χ3v) is 3.00. The van der Waals surface area contributed by atoms with Crippen LogP contribution < -0.4 is 0 Å². The first-order valence-electron chi connectivity index (χ1n) is 5.90. The van der Waals surface area contributed by atoms with E-state index in [2.05, 4.69) is 28.9 Å². The van der Waals surface area contributed by atoms with Gasteiger partial charge in [-0.25, -0.2) is 0 Å². The molecule has 5 nitrogen and oxygen atoms in total. The number of rotatable bonds is 7. The van der Waals surface area contributed by atoms with Crippen molar-refractivity contribution in [1.29, 1.82) is 0 Å². The Morgan fingerprint density at radius 3 is 2.56 bits per heavy atom. The Morgan fingerprint density at radius 1 is 1.44 bits per heavy atom. The highest BCUT2D eigenvalue weighted by Gasteiger charge is 2.16. The molecule has 1 aromatic heterocycles.